The first-order valence-electron chi connectivity index (χ1n) is 9.35. The van der Waals surface area contributed by atoms with Crippen LogP contribution in [0.2, 0.25) is 5.02 Å². The number of likely N-dealkylation sites (tertiary alicyclic amines) is 1. The number of amides is 2. The lowest BCUT2D eigenvalue weighted by Gasteiger charge is -2.28. The predicted octanol–water partition coefficient (Wildman–Crippen LogP) is 4.36. The van der Waals surface area contributed by atoms with Crippen molar-refractivity contribution < 1.29 is 4.79 Å². The van der Waals surface area contributed by atoms with Crippen LogP contribution in [0, 0.1) is 0 Å². The molecule has 1 heterocycles. The third-order valence-electron chi connectivity index (χ3n) is 4.91. The van der Waals surface area contributed by atoms with Crippen molar-refractivity contribution in [2.24, 2.45) is 0 Å². The minimum absolute atomic E-state index is 0.175. The van der Waals surface area contributed by atoms with E-state index >= 15 is 0 Å². The molecule has 1 aliphatic rings. The van der Waals surface area contributed by atoms with Crippen LogP contribution < -0.4 is 15.5 Å². The number of nitrogens with zero attached hydrogens (tertiary/aromatic N) is 2. The van der Waals surface area contributed by atoms with Crippen molar-refractivity contribution in [3.05, 3.63) is 59.1 Å². The number of rotatable bonds is 6. The zero-order valence-electron chi connectivity index (χ0n) is 15.9. The second-order valence-corrected chi connectivity index (χ2v) is 7.53. The Kier molecular flexibility index (Phi) is 6.58. The van der Waals surface area contributed by atoms with Crippen molar-refractivity contribution in [1.82, 2.24) is 10.2 Å². The van der Waals surface area contributed by atoms with Gasteiger partial charge >= 0.3 is 6.03 Å². The van der Waals surface area contributed by atoms with Gasteiger partial charge in [0.15, 0.2) is 0 Å². The van der Waals surface area contributed by atoms with Crippen molar-refractivity contribution in [1.29, 1.82) is 0 Å². The molecule has 144 valence electrons. The zero-order chi connectivity index (χ0) is 19.2. The first kappa shape index (κ1) is 19.5. The summed E-state index contributed by atoms with van der Waals surface area (Å²) in [5.41, 5.74) is 3.09. The molecule has 2 aromatic rings. The molecule has 3 rings (SSSR count). The summed E-state index contributed by atoms with van der Waals surface area (Å²) in [7, 11) is 4.07. The summed E-state index contributed by atoms with van der Waals surface area (Å²) in [5.74, 6) is 0. The van der Waals surface area contributed by atoms with Gasteiger partial charge < -0.3 is 15.5 Å². The van der Waals surface area contributed by atoms with E-state index in [4.69, 9.17) is 11.6 Å². The molecular weight excluding hydrogens is 360 g/mol. The molecule has 27 heavy (non-hydrogen) atoms. The topological polar surface area (TPSA) is 47.6 Å². The molecule has 1 atom stereocenters. The van der Waals surface area contributed by atoms with Crippen molar-refractivity contribution in [3.63, 3.8) is 0 Å². The standard InChI is InChI=1S/C21H27ClN4O/c1-25(2)19-10-8-16(9-11-19)20(26-12-3-4-13-26)15-23-21(27)24-18-7-5-6-17(22)14-18/h5-11,14,20H,3-4,12-13,15H2,1-2H3,(H2,23,24,27). The molecule has 1 unspecified atom stereocenters. The van der Waals surface area contributed by atoms with Gasteiger partial charge in [0.25, 0.3) is 0 Å². The molecule has 2 N–H and O–H groups in total. The van der Waals surface area contributed by atoms with Crippen molar-refractivity contribution >= 4 is 29.0 Å². The van der Waals surface area contributed by atoms with Crippen LogP contribution in [-0.4, -0.2) is 44.7 Å². The fourth-order valence-corrected chi connectivity index (χ4v) is 3.63. The zero-order valence-corrected chi connectivity index (χ0v) is 16.7. The van der Waals surface area contributed by atoms with E-state index in [2.05, 4.69) is 44.7 Å². The number of carbonyl (C=O) groups excluding carboxylic acids is 1. The highest BCUT2D eigenvalue weighted by atomic mass is 35.5. The molecule has 2 amide bonds. The van der Waals surface area contributed by atoms with Gasteiger partial charge in [-0.3, -0.25) is 4.90 Å². The number of carbonyl (C=O) groups is 1. The Labute approximate surface area is 166 Å². The van der Waals surface area contributed by atoms with E-state index < -0.39 is 0 Å². The third kappa shape index (κ3) is 5.37. The second kappa shape index (κ2) is 9.11. The summed E-state index contributed by atoms with van der Waals surface area (Å²) < 4.78 is 0. The van der Waals surface area contributed by atoms with Crippen LogP contribution in [0.5, 0.6) is 0 Å². The number of hydrogen-bond donors (Lipinski definition) is 2. The molecule has 0 saturated carbocycles. The number of hydrogen-bond acceptors (Lipinski definition) is 3. The highest BCUT2D eigenvalue weighted by Crippen LogP contribution is 2.26. The minimum Gasteiger partial charge on any atom is -0.378 e. The molecule has 0 aliphatic carbocycles. The van der Waals surface area contributed by atoms with Gasteiger partial charge in [-0.1, -0.05) is 29.8 Å². The smallest absolute Gasteiger partial charge is 0.319 e. The molecule has 1 saturated heterocycles. The third-order valence-corrected chi connectivity index (χ3v) is 5.15. The quantitative estimate of drug-likeness (QED) is 0.775. The number of anilines is 2. The molecule has 1 aliphatic heterocycles. The summed E-state index contributed by atoms with van der Waals surface area (Å²) in [5, 5.41) is 6.46. The SMILES string of the molecule is CN(C)c1ccc(C(CNC(=O)Nc2cccc(Cl)c2)N2CCCC2)cc1. The fourth-order valence-electron chi connectivity index (χ4n) is 3.44. The van der Waals surface area contributed by atoms with Crippen molar-refractivity contribution in [2.45, 2.75) is 18.9 Å². The van der Waals surface area contributed by atoms with Crippen LogP contribution in [0.15, 0.2) is 48.5 Å². The number of nitrogens with one attached hydrogen (secondary N) is 2. The maximum Gasteiger partial charge on any atom is 0.319 e. The molecule has 1 fully saturated rings. The van der Waals surface area contributed by atoms with Gasteiger partial charge in [0.1, 0.15) is 0 Å². The average molecular weight is 387 g/mol. The van der Waals surface area contributed by atoms with E-state index in [0.717, 1.165) is 13.1 Å². The summed E-state index contributed by atoms with van der Waals surface area (Å²) >= 11 is 5.98. The number of urea groups is 1. The molecule has 0 bridgehead atoms. The Morgan fingerprint density at radius 3 is 2.48 bits per heavy atom. The molecule has 0 spiro atoms. The Bertz CT molecular complexity index is 757. The Morgan fingerprint density at radius 2 is 1.85 bits per heavy atom. The van der Waals surface area contributed by atoms with E-state index in [9.17, 15) is 4.79 Å². The van der Waals surface area contributed by atoms with E-state index in [-0.39, 0.29) is 12.1 Å². The van der Waals surface area contributed by atoms with E-state index in [1.807, 2.05) is 26.2 Å². The van der Waals surface area contributed by atoms with Gasteiger partial charge in [-0.05, 0) is 61.8 Å². The number of benzene rings is 2. The van der Waals surface area contributed by atoms with Gasteiger partial charge in [-0.25, -0.2) is 4.79 Å². The van der Waals surface area contributed by atoms with Gasteiger partial charge in [0.2, 0.25) is 0 Å². The maximum atomic E-state index is 12.3. The van der Waals surface area contributed by atoms with Crippen LogP contribution >= 0.6 is 11.6 Å². The minimum atomic E-state index is -0.216. The summed E-state index contributed by atoms with van der Waals surface area (Å²) in [6.45, 7) is 2.70. The first-order chi connectivity index (χ1) is 13.0. The Balaban J connectivity index is 1.65. The molecular formula is C21H27ClN4O. The predicted molar refractivity (Wildman–Crippen MR) is 113 cm³/mol. The molecule has 6 heteroatoms. The normalized spacial score (nSPS) is 15.4. The summed E-state index contributed by atoms with van der Waals surface area (Å²) in [4.78, 5) is 16.9. The lowest BCUT2D eigenvalue weighted by Crippen LogP contribution is -2.38. The van der Waals surface area contributed by atoms with Crippen LogP contribution in [-0.2, 0) is 0 Å². The highest BCUT2D eigenvalue weighted by Gasteiger charge is 2.24. The van der Waals surface area contributed by atoms with Crippen LogP contribution in [0.1, 0.15) is 24.4 Å². The second-order valence-electron chi connectivity index (χ2n) is 7.09. The lowest BCUT2D eigenvalue weighted by atomic mass is 10.0. The maximum absolute atomic E-state index is 12.3. The van der Waals surface area contributed by atoms with E-state index in [1.54, 1.807) is 12.1 Å². The monoisotopic (exact) mass is 386 g/mol. The highest BCUT2D eigenvalue weighted by molar-refractivity contribution is 6.30. The van der Waals surface area contributed by atoms with Crippen molar-refractivity contribution in [2.75, 3.05) is 43.9 Å². The summed E-state index contributed by atoms with van der Waals surface area (Å²) in [6, 6.07) is 15.7. The fraction of sp³-hybridized carbons (Fsp3) is 0.381. The average Bonchev–Trinajstić information content (AvgIpc) is 3.17. The van der Waals surface area contributed by atoms with E-state index in [0.29, 0.717) is 17.3 Å². The largest absolute Gasteiger partial charge is 0.378 e. The van der Waals surface area contributed by atoms with Gasteiger partial charge in [0.05, 0.1) is 6.04 Å². The van der Waals surface area contributed by atoms with E-state index in [1.165, 1.54) is 24.1 Å². The van der Waals surface area contributed by atoms with Crippen LogP contribution in [0.25, 0.3) is 0 Å². The molecule has 0 aromatic heterocycles. The Hall–Kier alpha value is -2.24. The van der Waals surface area contributed by atoms with Gasteiger partial charge in [-0.2, -0.15) is 0 Å². The summed E-state index contributed by atoms with van der Waals surface area (Å²) in [6.07, 6.45) is 2.42. The van der Waals surface area contributed by atoms with Gasteiger partial charge in [-0.15, -0.1) is 0 Å². The molecule has 2 aromatic carbocycles. The molecule has 5 nitrogen and oxygen atoms in total. The first-order valence-corrected chi connectivity index (χ1v) is 9.72. The molecule has 0 radical (unpaired) electrons. The lowest BCUT2D eigenvalue weighted by molar-refractivity contribution is 0.227. The van der Waals surface area contributed by atoms with Crippen molar-refractivity contribution in [3.8, 4) is 0 Å². The van der Waals surface area contributed by atoms with Gasteiger partial charge in [0, 0.05) is 37.0 Å². The van der Waals surface area contributed by atoms with Crippen LogP contribution in [0.4, 0.5) is 16.2 Å². The Morgan fingerprint density at radius 1 is 1.15 bits per heavy atom. The van der Waals surface area contributed by atoms with Crippen LogP contribution in [0.3, 0.4) is 0 Å². The number of halogens is 1.